The first-order valence-electron chi connectivity index (χ1n) is 10.0. The maximum Gasteiger partial charge on any atom is 0.280 e. The summed E-state index contributed by atoms with van der Waals surface area (Å²) in [5.74, 6) is -0.803. The number of nitrogens with two attached hydrogens (primary N) is 1. The lowest BCUT2D eigenvalue weighted by atomic mass is 10.2. The number of ether oxygens (including phenoxy) is 1. The van der Waals surface area contributed by atoms with Gasteiger partial charge in [-0.2, -0.15) is 0 Å². The number of rotatable bonds is 7. The second-order valence-electron chi connectivity index (χ2n) is 7.04. The minimum Gasteiger partial charge on any atom is -0.494 e. The second kappa shape index (κ2) is 9.07. The van der Waals surface area contributed by atoms with Crippen LogP contribution in [0.5, 0.6) is 5.75 Å². The number of aromatic nitrogens is 4. The third-order valence-electron chi connectivity index (χ3n) is 4.77. The van der Waals surface area contributed by atoms with Gasteiger partial charge in [0.2, 0.25) is 5.89 Å². The van der Waals surface area contributed by atoms with E-state index in [1.54, 1.807) is 6.92 Å². The average Bonchev–Trinajstić information content (AvgIpc) is 3.34. The minimum atomic E-state index is -0.922. The van der Waals surface area contributed by atoms with Gasteiger partial charge in [-0.15, -0.1) is 5.10 Å². The van der Waals surface area contributed by atoms with E-state index in [-0.39, 0.29) is 23.7 Å². The van der Waals surface area contributed by atoms with Crippen molar-refractivity contribution in [3.63, 3.8) is 0 Å². The standard InChI is InChI=1S/C22H20F2N6O3/c1-3-32-15-7-4-13(5-8-15)22-27-18(12(2)33-22)11-30-20(25)19(28-29-30)21(31)26-17-9-6-14(23)10-16(17)24/h4-10H,3,11,25H2,1-2H3,(H,26,31). The Morgan fingerprint density at radius 1 is 1.21 bits per heavy atom. The van der Waals surface area contributed by atoms with Crippen molar-refractivity contribution < 1.29 is 22.7 Å². The normalized spacial score (nSPS) is 10.9. The smallest absolute Gasteiger partial charge is 0.280 e. The third-order valence-corrected chi connectivity index (χ3v) is 4.77. The van der Waals surface area contributed by atoms with E-state index in [1.165, 1.54) is 4.68 Å². The highest BCUT2D eigenvalue weighted by atomic mass is 19.1. The molecule has 0 radical (unpaired) electrons. The van der Waals surface area contributed by atoms with Crippen molar-refractivity contribution in [2.45, 2.75) is 20.4 Å². The summed E-state index contributed by atoms with van der Waals surface area (Å²) in [4.78, 5) is 17.0. The van der Waals surface area contributed by atoms with Crippen LogP contribution in [0.4, 0.5) is 20.3 Å². The Bertz CT molecular complexity index is 1300. The number of amides is 1. The lowest BCUT2D eigenvalue weighted by Crippen LogP contribution is -2.16. The van der Waals surface area contributed by atoms with E-state index in [4.69, 9.17) is 14.9 Å². The Morgan fingerprint density at radius 2 is 1.97 bits per heavy atom. The molecule has 9 nitrogen and oxygen atoms in total. The molecular formula is C22H20F2N6O3. The fraction of sp³-hybridized carbons (Fsp3) is 0.182. The molecule has 4 rings (SSSR count). The number of anilines is 2. The van der Waals surface area contributed by atoms with Crippen LogP contribution in [0, 0.1) is 18.6 Å². The zero-order valence-corrected chi connectivity index (χ0v) is 17.8. The van der Waals surface area contributed by atoms with Crippen molar-refractivity contribution in [2.75, 3.05) is 17.7 Å². The fourth-order valence-electron chi connectivity index (χ4n) is 3.07. The van der Waals surface area contributed by atoms with Crippen LogP contribution < -0.4 is 15.8 Å². The first-order chi connectivity index (χ1) is 15.9. The zero-order valence-electron chi connectivity index (χ0n) is 17.8. The lowest BCUT2D eigenvalue weighted by molar-refractivity contribution is 0.102. The van der Waals surface area contributed by atoms with E-state index in [9.17, 15) is 13.6 Å². The highest BCUT2D eigenvalue weighted by Gasteiger charge is 2.21. The fourth-order valence-corrected chi connectivity index (χ4v) is 3.07. The summed E-state index contributed by atoms with van der Waals surface area (Å²) in [6.45, 7) is 4.32. The van der Waals surface area contributed by atoms with Gasteiger partial charge in [-0.1, -0.05) is 5.21 Å². The van der Waals surface area contributed by atoms with Gasteiger partial charge >= 0.3 is 0 Å². The van der Waals surface area contributed by atoms with Gasteiger partial charge in [0.25, 0.3) is 5.91 Å². The van der Waals surface area contributed by atoms with Crippen LogP contribution in [0.2, 0.25) is 0 Å². The SMILES string of the molecule is CCOc1ccc(-c2nc(Cn3nnc(C(=O)Nc4ccc(F)cc4F)c3N)c(C)o2)cc1. The van der Waals surface area contributed by atoms with Gasteiger partial charge in [-0.05, 0) is 50.2 Å². The monoisotopic (exact) mass is 454 g/mol. The molecule has 0 fully saturated rings. The maximum absolute atomic E-state index is 13.8. The highest BCUT2D eigenvalue weighted by Crippen LogP contribution is 2.25. The average molecular weight is 454 g/mol. The molecule has 0 atom stereocenters. The predicted molar refractivity (Wildman–Crippen MR) is 116 cm³/mol. The molecule has 0 aliphatic carbocycles. The van der Waals surface area contributed by atoms with E-state index in [0.29, 0.717) is 30.0 Å². The lowest BCUT2D eigenvalue weighted by Gasteiger charge is -2.05. The molecule has 33 heavy (non-hydrogen) atoms. The van der Waals surface area contributed by atoms with E-state index >= 15 is 0 Å². The van der Waals surface area contributed by atoms with Crippen LogP contribution in [0.3, 0.4) is 0 Å². The molecule has 1 amide bonds. The highest BCUT2D eigenvalue weighted by molar-refractivity contribution is 6.05. The number of oxazole rings is 1. The number of nitrogen functional groups attached to an aromatic ring is 1. The summed E-state index contributed by atoms with van der Waals surface area (Å²) < 4.78 is 39.3. The van der Waals surface area contributed by atoms with E-state index in [0.717, 1.165) is 23.4 Å². The van der Waals surface area contributed by atoms with Gasteiger partial charge in [-0.3, -0.25) is 4.79 Å². The Labute approximate surface area is 187 Å². The van der Waals surface area contributed by atoms with Crippen LogP contribution in [-0.2, 0) is 6.54 Å². The summed E-state index contributed by atoms with van der Waals surface area (Å²) in [7, 11) is 0. The largest absolute Gasteiger partial charge is 0.494 e. The molecule has 0 aliphatic heterocycles. The third kappa shape index (κ3) is 4.66. The Morgan fingerprint density at radius 3 is 2.67 bits per heavy atom. The quantitative estimate of drug-likeness (QED) is 0.436. The summed E-state index contributed by atoms with van der Waals surface area (Å²) in [5.41, 5.74) is 6.94. The van der Waals surface area contributed by atoms with Gasteiger partial charge < -0.3 is 20.2 Å². The number of hydrogen-bond acceptors (Lipinski definition) is 7. The predicted octanol–water partition coefficient (Wildman–Crippen LogP) is 3.80. The summed E-state index contributed by atoms with van der Waals surface area (Å²) >= 11 is 0. The number of carbonyl (C=O) groups excluding carboxylic acids is 1. The van der Waals surface area contributed by atoms with Crippen molar-refractivity contribution in [1.29, 1.82) is 0 Å². The molecule has 0 bridgehead atoms. The second-order valence-corrected chi connectivity index (χ2v) is 7.04. The van der Waals surface area contributed by atoms with Gasteiger partial charge in [0, 0.05) is 11.6 Å². The molecule has 2 aromatic heterocycles. The van der Waals surface area contributed by atoms with Gasteiger partial charge in [-0.25, -0.2) is 18.4 Å². The number of benzene rings is 2. The molecule has 0 saturated heterocycles. The van der Waals surface area contributed by atoms with Crippen molar-refractivity contribution in [1.82, 2.24) is 20.0 Å². The van der Waals surface area contributed by atoms with Crippen molar-refractivity contribution >= 4 is 17.4 Å². The number of halogens is 2. The Balaban J connectivity index is 1.50. The van der Waals surface area contributed by atoms with Crippen molar-refractivity contribution in [2.24, 2.45) is 0 Å². The first kappa shape index (κ1) is 21.9. The molecule has 4 aromatic rings. The summed E-state index contributed by atoms with van der Waals surface area (Å²) in [6, 6.07) is 10.1. The summed E-state index contributed by atoms with van der Waals surface area (Å²) in [6.07, 6.45) is 0. The molecule has 170 valence electrons. The number of carbonyl (C=O) groups is 1. The van der Waals surface area contributed by atoms with Crippen LogP contribution in [0.15, 0.2) is 46.9 Å². The van der Waals surface area contributed by atoms with Crippen molar-refractivity contribution in [3.05, 3.63) is 71.2 Å². The maximum atomic E-state index is 13.8. The number of hydrogen-bond donors (Lipinski definition) is 2. The molecule has 11 heteroatoms. The summed E-state index contributed by atoms with van der Waals surface area (Å²) in [5, 5.41) is 9.98. The molecule has 0 saturated carbocycles. The van der Waals surface area contributed by atoms with Crippen LogP contribution in [0.25, 0.3) is 11.5 Å². The molecule has 0 unspecified atom stereocenters. The molecule has 3 N–H and O–H groups in total. The Hall–Kier alpha value is -4.28. The van der Waals surface area contributed by atoms with E-state index in [2.05, 4.69) is 20.6 Å². The minimum absolute atomic E-state index is 0.0416. The van der Waals surface area contributed by atoms with Crippen LogP contribution in [0.1, 0.15) is 28.9 Å². The molecule has 2 aromatic carbocycles. The number of nitrogens with zero attached hydrogens (tertiary/aromatic N) is 4. The van der Waals surface area contributed by atoms with Gasteiger partial charge in [0.05, 0.1) is 18.8 Å². The van der Waals surface area contributed by atoms with Crippen LogP contribution in [-0.4, -0.2) is 32.5 Å². The molecule has 2 heterocycles. The van der Waals surface area contributed by atoms with Crippen molar-refractivity contribution in [3.8, 4) is 17.2 Å². The number of aryl methyl sites for hydroxylation is 1. The van der Waals surface area contributed by atoms with Crippen LogP contribution >= 0.6 is 0 Å². The Kier molecular flexibility index (Phi) is 6.03. The van der Waals surface area contributed by atoms with Gasteiger partial charge in [0.1, 0.15) is 28.8 Å². The topological polar surface area (TPSA) is 121 Å². The molecule has 0 spiro atoms. The van der Waals surface area contributed by atoms with E-state index < -0.39 is 17.5 Å². The number of nitrogens with one attached hydrogen (secondary N) is 1. The molecule has 0 aliphatic rings. The van der Waals surface area contributed by atoms with Gasteiger partial charge in [0.15, 0.2) is 11.5 Å². The molecular weight excluding hydrogens is 434 g/mol. The zero-order chi connectivity index (χ0) is 23.5. The van der Waals surface area contributed by atoms with E-state index in [1.807, 2.05) is 31.2 Å². The first-order valence-corrected chi connectivity index (χ1v) is 10.0.